The Morgan fingerprint density at radius 3 is 2.64 bits per heavy atom. The Balaban J connectivity index is 1.44. The first kappa shape index (κ1) is 16.3. The molecule has 3 aliphatic rings. The molecule has 1 aliphatic carbocycles. The fourth-order valence-electron chi connectivity index (χ4n) is 3.87. The van der Waals surface area contributed by atoms with E-state index < -0.39 is 6.17 Å². The molecule has 134 valence electrons. The zero-order valence-electron chi connectivity index (χ0n) is 14.4. The monoisotopic (exact) mass is 346 g/mol. The van der Waals surface area contributed by atoms with Crippen LogP contribution in [0.15, 0.2) is 18.3 Å². The predicted octanol–water partition coefficient (Wildman–Crippen LogP) is 1.48. The molecule has 1 aromatic heterocycles. The third-order valence-electron chi connectivity index (χ3n) is 5.50. The molecule has 4 rings (SSSR count). The van der Waals surface area contributed by atoms with Crippen LogP contribution in [0.25, 0.3) is 0 Å². The van der Waals surface area contributed by atoms with Gasteiger partial charge in [0.15, 0.2) is 0 Å². The minimum Gasteiger partial charge on any atom is -0.335 e. The standard InChI is InChI=1S/C18H23FN4O2/c1-12-17-20-15(10-16(24)21-4-2-3-5-21)11-22(17)6-7-23(12)18(25)13-8-14(19)9-13/h2-3,11-14H,4-10H2,1H3. The first-order chi connectivity index (χ1) is 12.0. The second-order valence-corrected chi connectivity index (χ2v) is 7.20. The van der Waals surface area contributed by atoms with Gasteiger partial charge >= 0.3 is 0 Å². The van der Waals surface area contributed by atoms with Crippen molar-refractivity contribution in [3.63, 3.8) is 0 Å². The summed E-state index contributed by atoms with van der Waals surface area (Å²) in [5.74, 6) is 0.752. The van der Waals surface area contributed by atoms with Gasteiger partial charge in [0.1, 0.15) is 12.0 Å². The molecule has 1 aromatic rings. The maximum atomic E-state index is 13.1. The van der Waals surface area contributed by atoms with E-state index in [0.717, 1.165) is 11.5 Å². The molecule has 2 aliphatic heterocycles. The number of fused-ring (bicyclic) bond motifs is 1. The average molecular weight is 346 g/mol. The molecule has 0 spiro atoms. The Bertz CT molecular complexity index is 715. The van der Waals surface area contributed by atoms with Gasteiger partial charge in [-0.1, -0.05) is 12.2 Å². The molecule has 25 heavy (non-hydrogen) atoms. The second kappa shape index (κ2) is 6.28. The highest BCUT2D eigenvalue weighted by Crippen LogP contribution is 2.35. The lowest BCUT2D eigenvalue weighted by Crippen LogP contribution is -2.47. The summed E-state index contributed by atoms with van der Waals surface area (Å²) in [6.45, 7) is 4.57. The van der Waals surface area contributed by atoms with Crippen LogP contribution in [0.2, 0.25) is 0 Å². The van der Waals surface area contributed by atoms with Crippen molar-refractivity contribution in [2.24, 2.45) is 5.92 Å². The molecule has 0 bridgehead atoms. The van der Waals surface area contributed by atoms with Crippen LogP contribution in [0.4, 0.5) is 4.39 Å². The van der Waals surface area contributed by atoms with Gasteiger partial charge in [-0.05, 0) is 19.8 Å². The summed E-state index contributed by atoms with van der Waals surface area (Å²) in [5.41, 5.74) is 0.750. The fourth-order valence-corrected chi connectivity index (χ4v) is 3.87. The van der Waals surface area contributed by atoms with Crippen LogP contribution in [0.5, 0.6) is 0 Å². The van der Waals surface area contributed by atoms with Crippen LogP contribution in [-0.2, 0) is 22.6 Å². The van der Waals surface area contributed by atoms with Gasteiger partial charge in [0.2, 0.25) is 11.8 Å². The minimum atomic E-state index is -0.825. The van der Waals surface area contributed by atoms with Crippen molar-refractivity contribution in [2.75, 3.05) is 19.6 Å². The number of hydrogen-bond acceptors (Lipinski definition) is 3. The summed E-state index contributed by atoms with van der Waals surface area (Å²) in [5, 5.41) is 0. The van der Waals surface area contributed by atoms with Crippen LogP contribution in [0, 0.1) is 5.92 Å². The quantitative estimate of drug-likeness (QED) is 0.779. The summed E-state index contributed by atoms with van der Waals surface area (Å²) in [6, 6.07) is -0.141. The molecule has 1 unspecified atom stereocenters. The first-order valence-corrected chi connectivity index (χ1v) is 8.96. The van der Waals surface area contributed by atoms with Crippen LogP contribution < -0.4 is 0 Å². The highest BCUT2D eigenvalue weighted by molar-refractivity contribution is 5.80. The maximum absolute atomic E-state index is 13.1. The van der Waals surface area contributed by atoms with Crippen LogP contribution in [0.1, 0.15) is 37.3 Å². The number of carbonyl (C=O) groups is 2. The summed E-state index contributed by atoms with van der Waals surface area (Å²) in [6.07, 6.45) is 6.06. The fraction of sp³-hybridized carbons (Fsp3) is 0.611. The summed E-state index contributed by atoms with van der Waals surface area (Å²) in [7, 11) is 0. The smallest absolute Gasteiger partial charge is 0.229 e. The molecule has 1 atom stereocenters. The molecule has 0 radical (unpaired) electrons. The SMILES string of the molecule is CC1c2nc(CC(=O)N3CC=CC3)cn2CCN1C(=O)C1CC(F)C1. The summed E-state index contributed by atoms with van der Waals surface area (Å²) < 4.78 is 15.1. The Morgan fingerprint density at radius 1 is 1.24 bits per heavy atom. The van der Waals surface area contributed by atoms with Gasteiger partial charge in [-0.2, -0.15) is 0 Å². The van der Waals surface area contributed by atoms with E-state index in [-0.39, 0.29) is 30.2 Å². The second-order valence-electron chi connectivity index (χ2n) is 7.20. The van der Waals surface area contributed by atoms with Crippen molar-refractivity contribution < 1.29 is 14.0 Å². The number of halogens is 1. The molecular weight excluding hydrogens is 323 g/mol. The van der Waals surface area contributed by atoms with Crippen molar-refractivity contribution >= 4 is 11.8 Å². The number of imidazole rings is 1. The highest BCUT2D eigenvalue weighted by Gasteiger charge is 2.40. The number of carbonyl (C=O) groups excluding carboxylic acids is 2. The molecule has 6 nitrogen and oxygen atoms in total. The molecule has 3 heterocycles. The van der Waals surface area contributed by atoms with E-state index in [4.69, 9.17) is 0 Å². The van der Waals surface area contributed by atoms with Crippen molar-refractivity contribution in [1.82, 2.24) is 19.4 Å². The van der Waals surface area contributed by atoms with Crippen molar-refractivity contribution in [3.8, 4) is 0 Å². The Hall–Kier alpha value is -2.18. The van der Waals surface area contributed by atoms with Gasteiger partial charge in [0.05, 0.1) is 18.2 Å². The van der Waals surface area contributed by atoms with Crippen molar-refractivity contribution in [3.05, 3.63) is 29.9 Å². The van der Waals surface area contributed by atoms with Gasteiger partial charge in [-0.15, -0.1) is 0 Å². The summed E-state index contributed by atoms with van der Waals surface area (Å²) in [4.78, 5) is 33.1. The molecule has 0 aromatic carbocycles. The topological polar surface area (TPSA) is 58.4 Å². The molecule has 0 saturated heterocycles. The van der Waals surface area contributed by atoms with Crippen LogP contribution in [0.3, 0.4) is 0 Å². The largest absolute Gasteiger partial charge is 0.335 e. The number of nitrogens with zero attached hydrogens (tertiary/aromatic N) is 4. The molecule has 2 amide bonds. The minimum absolute atomic E-state index is 0.0383. The van der Waals surface area contributed by atoms with E-state index in [1.807, 2.05) is 34.7 Å². The van der Waals surface area contributed by atoms with Crippen molar-refractivity contribution in [2.45, 2.75) is 44.9 Å². The lowest BCUT2D eigenvalue weighted by atomic mass is 9.82. The predicted molar refractivity (Wildman–Crippen MR) is 89.4 cm³/mol. The number of amides is 2. The third kappa shape index (κ3) is 2.96. The first-order valence-electron chi connectivity index (χ1n) is 8.96. The number of rotatable bonds is 3. The summed E-state index contributed by atoms with van der Waals surface area (Å²) >= 11 is 0. The zero-order valence-corrected chi connectivity index (χ0v) is 14.4. The average Bonchev–Trinajstić information content (AvgIpc) is 3.21. The van der Waals surface area contributed by atoms with E-state index in [0.29, 0.717) is 39.0 Å². The van der Waals surface area contributed by atoms with E-state index in [1.54, 1.807) is 4.90 Å². The maximum Gasteiger partial charge on any atom is 0.229 e. The normalized spacial score (nSPS) is 28.0. The van der Waals surface area contributed by atoms with Gasteiger partial charge in [0, 0.05) is 38.3 Å². The molecular formula is C18H23FN4O2. The Morgan fingerprint density at radius 2 is 1.96 bits per heavy atom. The van der Waals surface area contributed by atoms with Gasteiger partial charge < -0.3 is 14.4 Å². The van der Waals surface area contributed by atoms with Crippen LogP contribution in [-0.4, -0.2) is 57.0 Å². The van der Waals surface area contributed by atoms with Gasteiger partial charge in [-0.3, -0.25) is 9.59 Å². The zero-order chi connectivity index (χ0) is 17.6. The van der Waals surface area contributed by atoms with Gasteiger partial charge in [-0.25, -0.2) is 9.37 Å². The molecule has 0 N–H and O–H groups in total. The Kier molecular flexibility index (Phi) is 4.09. The molecule has 7 heteroatoms. The van der Waals surface area contributed by atoms with Gasteiger partial charge in [0.25, 0.3) is 0 Å². The molecule has 1 saturated carbocycles. The lowest BCUT2D eigenvalue weighted by Gasteiger charge is -2.39. The Labute approximate surface area is 146 Å². The van der Waals surface area contributed by atoms with Crippen molar-refractivity contribution in [1.29, 1.82) is 0 Å². The number of alkyl halides is 1. The highest BCUT2D eigenvalue weighted by atomic mass is 19.1. The molecule has 1 fully saturated rings. The number of aromatic nitrogens is 2. The van der Waals surface area contributed by atoms with E-state index >= 15 is 0 Å². The van der Waals surface area contributed by atoms with E-state index in [2.05, 4.69) is 4.98 Å². The van der Waals surface area contributed by atoms with E-state index in [9.17, 15) is 14.0 Å². The third-order valence-corrected chi connectivity index (χ3v) is 5.50. The van der Waals surface area contributed by atoms with E-state index in [1.165, 1.54) is 0 Å². The lowest BCUT2D eigenvalue weighted by molar-refractivity contribution is -0.144. The number of hydrogen-bond donors (Lipinski definition) is 0. The van der Waals surface area contributed by atoms with Crippen LogP contribution >= 0.6 is 0 Å².